The Morgan fingerprint density at radius 2 is 1.54 bits per heavy atom. The SMILES string of the molecule is Nc1cccc(SCC(=O)Nc2cccc3c2C(=O)c2ccccc2C3=O)c1. The van der Waals surface area contributed by atoms with Crippen molar-refractivity contribution in [2.75, 3.05) is 16.8 Å². The number of carbonyl (C=O) groups excluding carboxylic acids is 3. The summed E-state index contributed by atoms with van der Waals surface area (Å²) >= 11 is 1.35. The standard InChI is InChI=1S/C22H16N2O3S/c23-13-5-3-6-14(11-13)28-12-19(25)24-18-10-4-9-17-20(18)22(27)16-8-2-1-7-15(16)21(17)26/h1-11H,12,23H2,(H,24,25). The van der Waals surface area contributed by atoms with E-state index in [4.69, 9.17) is 5.73 Å². The van der Waals surface area contributed by atoms with Crippen LogP contribution >= 0.6 is 11.8 Å². The van der Waals surface area contributed by atoms with Gasteiger partial charge >= 0.3 is 0 Å². The van der Waals surface area contributed by atoms with Gasteiger partial charge in [0.25, 0.3) is 0 Å². The lowest BCUT2D eigenvalue weighted by Gasteiger charge is -2.20. The zero-order valence-electron chi connectivity index (χ0n) is 14.8. The molecular formula is C22H16N2O3S. The normalized spacial score (nSPS) is 12.3. The molecule has 0 aliphatic heterocycles. The first-order chi connectivity index (χ1) is 13.5. The van der Waals surface area contributed by atoms with E-state index in [-0.39, 0.29) is 28.8 Å². The summed E-state index contributed by atoms with van der Waals surface area (Å²) in [6, 6.07) is 18.9. The van der Waals surface area contributed by atoms with Crippen LogP contribution in [0.5, 0.6) is 0 Å². The van der Waals surface area contributed by atoms with Gasteiger partial charge in [-0.1, -0.05) is 42.5 Å². The molecule has 3 N–H and O–H groups in total. The number of amides is 1. The lowest BCUT2D eigenvalue weighted by molar-refractivity contribution is -0.113. The van der Waals surface area contributed by atoms with Crippen LogP contribution in [0.3, 0.4) is 0 Å². The molecule has 0 saturated heterocycles. The molecular weight excluding hydrogens is 372 g/mol. The van der Waals surface area contributed by atoms with Crippen LogP contribution in [0.25, 0.3) is 0 Å². The van der Waals surface area contributed by atoms with Crippen molar-refractivity contribution in [1.82, 2.24) is 0 Å². The summed E-state index contributed by atoms with van der Waals surface area (Å²) in [5.74, 6) is -0.578. The Bertz CT molecular complexity index is 1120. The molecule has 0 saturated carbocycles. The zero-order valence-corrected chi connectivity index (χ0v) is 15.6. The van der Waals surface area contributed by atoms with Gasteiger partial charge in [0.15, 0.2) is 11.6 Å². The molecule has 0 heterocycles. The van der Waals surface area contributed by atoms with Crippen molar-refractivity contribution in [1.29, 1.82) is 0 Å². The van der Waals surface area contributed by atoms with E-state index in [0.29, 0.717) is 28.1 Å². The molecule has 4 rings (SSSR count). The first-order valence-electron chi connectivity index (χ1n) is 8.64. The summed E-state index contributed by atoms with van der Waals surface area (Å²) in [7, 11) is 0. The van der Waals surface area contributed by atoms with Crippen molar-refractivity contribution >= 4 is 40.6 Å². The Morgan fingerprint density at radius 1 is 0.857 bits per heavy atom. The summed E-state index contributed by atoms with van der Waals surface area (Å²) in [6.07, 6.45) is 0. The Hall–Kier alpha value is -3.38. The van der Waals surface area contributed by atoms with Crippen molar-refractivity contribution in [2.45, 2.75) is 4.90 Å². The van der Waals surface area contributed by atoms with Gasteiger partial charge in [-0.2, -0.15) is 0 Å². The van der Waals surface area contributed by atoms with Crippen LogP contribution in [0, 0.1) is 0 Å². The fourth-order valence-electron chi connectivity index (χ4n) is 3.19. The second-order valence-electron chi connectivity index (χ2n) is 6.34. The molecule has 138 valence electrons. The number of hydrogen-bond acceptors (Lipinski definition) is 5. The number of anilines is 2. The fraction of sp³-hybridized carbons (Fsp3) is 0.0455. The smallest absolute Gasteiger partial charge is 0.234 e. The average Bonchev–Trinajstić information content (AvgIpc) is 2.70. The largest absolute Gasteiger partial charge is 0.399 e. The lowest BCUT2D eigenvalue weighted by Crippen LogP contribution is -2.24. The molecule has 3 aromatic rings. The molecule has 0 fully saturated rings. The van der Waals surface area contributed by atoms with Crippen molar-refractivity contribution in [3.8, 4) is 0 Å². The maximum Gasteiger partial charge on any atom is 0.234 e. The van der Waals surface area contributed by atoms with Crippen LogP contribution < -0.4 is 11.1 Å². The number of rotatable bonds is 4. The van der Waals surface area contributed by atoms with E-state index >= 15 is 0 Å². The van der Waals surface area contributed by atoms with Crippen LogP contribution in [-0.4, -0.2) is 23.2 Å². The van der Waals surface area contributed by atoms with E-state index < -0.39 is 0 Å². The Morgan fingerprint density at radius 3 is 2.29 bits per heavy atom. The number of nitrogens with two attached hydrogens (primary N) is 1. The maximum atomic E-state index is 13.0. The van der Waals surface area contributed by atoms with Gasteiger partial charge in [-0.05, 0) is 24.3 Å². The van der Waals surface area contributed by atoms with Crippen LogP contribution in [0.4, 0.5) is 11.4 Å². The number of benzene rings is 3. The Kier molecular flexibility index (Phi) is 4.71. The van der Waals surface area contributed by atoms with Crippen molar-refractivity contribution in [3.63, 3.8) is 0 Å². The van der Waals surface area contributed by atoms with Crippen LogP contribution in [0.1, 0.15) is 31.8 Å². The number of nitrogens with one attached hydrogen (secondary N) is 1. The minimum atomic E-state index is -0.264. The van der Waals surface area contributed by atoms with E-state index in [1.807, 2.05) is 12.1 Å². The maximum absolute atomic E-state index is 13.0. The predicted octanol–water partition coefficient (Wildman–Crippen LogP) is 3.78. The van der Waals surface area contributed by atoms with Crippen LogP contribution in [0.2, 0.25) is 0 Å². The number of ketones is 2. The van der Waals surface area contributed by atoms with E-state index in [1.165, 1.54) is 11.8 Å². The predicted molar refractivity (Wildman–Crippen MR) is 110 cm³/mol. The van der Waals surface area contributed by atoms with Gasteiger partial charge in [0.2, 0.25) is 5.91 Å². The fourth-order valence-corrected chi connectivity index (χ4v) is 3.95. The number of nitrogen functional groups attached to an aromatic ring is 1. The number of fused-ring (bicyclic) bond motifs is 2. The van der Waals surface area contributed by atoms with Gasteiger partial charge in [0, 0.05) is 27.3 Å². The van der Waals surface area contributed by atoms with Gasteiger partial charge < -0.3 is 11.1 Å². The molecule has 0 atom stereocenters. The molecule has 5 nitrogen and oxygen atoms in total. The minimum absolute atomic E-state index is 0.159. The minimum Gasteiger partial charge on any atom is -0.399 e. The van der Waals surface area contributed by atoms with E-state index in [0.717, 1.165) is 4.90 Å². The van der Waals surface area contributed by atoms with Crippen LogP contribution in [-0.2, 0) is 4.79 Å². The highest BCUT2D eigenvalue weighted by Gasteiger charge is 2.31. The monoisotopic (exact) mass is 388 g/mol. The molecule has 0 spiro atoms. The molecule has 3 aromatic carbocycles. The molecule has 0 unspecified atom stereocenters. The Balaban J connectivity index is 1.57. The molecule has 0 aromatic heterocycles. The lowest BCUT2D eigenvalue weighted by atomic mass is 9.83. The zero-order chi connectivity index (χ0) is 19.7. The molecule has 1 aliphatic rings. The average molecular weight is 388 g/mol. The molecule has 0 bridgehead atoms. The third-order valence-corrected chi connectivity index (χ3v) is 5.45. The van der Waals surface area contributed by atoms with Gasteiger partial charge in [-0.15, -0.1) is 11.8 Å². The van der Waals surface area contributed by atoms with Gasteiger partial charge in [0.05, 0.1) is 17.0 Å². The van der Waals surface area contributed by atoms with Crippen LogP contribution in [0.15, 0.2) is 71.6 Å². The van der Waals surface area contributed by atoms with Gasteiger partial charge in [-0.3, -0.25) is 14.4 Å². The molecule has 1 amide bonds. The summed E-state index contributed by atoms with van der Waals surface area (Å²) in [5, 5.41) is 2.77. The number of thioether (sulfide) groups is 1. The van der Waals surface area contributed by atoms with Crippen molar-refractivity contribution < 1.29 is 14.4 Å². The molecule has 6 heteroatoms. The summed E-state index contributed by atoms with van der Waals surface area (Å²) in [4.78, 5) is 39.0. The third-order valence-electron chi connectivity index (χ3n) is 4.45. The molecule has 1 aliphatic carbocycles. The topological polar surface area (TPSA) is 89.3 Å². The van der Waals surface area contributed by atoms with Gasteiger partial charge in [-0.25, -0.2) is 0 Å². The summed E-state index contributed by atoms with van der Waals surface area (Å²) in [5.41, 5.74) is 8.03. The highest BCUT2D eigenvalue weighted by Crippen LogP contribution is 2.32. The summed E-state index contributed by atoms with van der Waals surface area (Å²) in [6.45, 7) is 0. The second kappa shape index (κ2) is 7.32. The molecule has 28 heavy (non-hydrogen) atoms. The van der Waals surface area contributed by atoms with E-state index in [9.17, 15) is 14.4 Å². The quantitative estimate of drug-likeness (QED) is 0.410. The van der Waals surface area contributed by atoms with E-state index in [2.05, 4.69) is 5.32 Å². The third kappa shape index (κ3) is 3.30. The van der Waals surface area contributed by atoms with Gasteiger partial charge in [0.1, 0.15) is 0 Å². The summed E-state index contributed by atoms with van der Waals surface area (Å²) < 4.78 is 0. The number of hydrogen-bond donors (Lipinski definition) is 2. The number of carbonyl (C=O) groups is 3. The van der Waals surface area contributed by atoms with Crippen molar-refractivity contribution in [3.05, 3.63) is 89.0 Å². The highest BCUT2D eigenvalue weighted by atomic mass is 32.2. The van der Waals surface area contributed by atoms with E-state index in [1.54, 1.807) is 54.6 Å². The second-order valence-corrected chi connectivity index (χ2v) is 7.39. The first-order valence-corrected chi connectivity index (χ1v) is 9.63. The Labute approximate surface area is 165 Å². The van der Waals surface area contributed by atoms with Crippen molar-refractivity contribution in [2.24, 2.45) is 0 Å². The highest BCUT2D eigenvalue weighted by molar-refractivity contribution is 8.00. The first kappa shape index (κ1) is 18.0. The molecule has 0 radical (unpaired) electrons.